The highest BCUT2D eigenvalue weighted by atomic mass is 32.2. The van der Waals surface area contributed by atoms with E-state index in [1.54, 1.807) is 36.4 Å². The van der Waals surface area contributed by atoms with Crippen molar-refractivity contribution in [2.45, 2.75) is 31.1 Å². The summed E-state index contributed by atoms with van der Waals surface area (Å²) >= 11 is 0. The van der Waals surface area contributed by atoms with Gasteiger partial charge in [0.15, 0.2) is 5.75 Å². The van der Waals surface area contributed by atoms with E-state index in [2.05, 4.69) is 9.71 Å². The van der Waals surface area contributed by atoms with Crippen molar-refractivity contribution in [2.75, 3.05) is 0 Å². The predicted octanol–water partition coefficient (Wildman–Crippen LogP) is 4.78. The van der Waals surface area contributed by atoms with E-state index in [0.29, 0.717) is 11.4 Å². The lowest BCUT2D eigenvalue weighted by molar-refractivity contribution is 0.0978. The SMILES string of the molecule is Cn1ccc2cccc(Oc3nc(C(C)(C)C)ccc3C(=O)NS(=O)(=O)c3ccccc3)c21. The lowest BCUT2D eigenvalue weighted by Crippen LogP contribution is -2.31. The number of aromatic nitrogens is 2. The second kappa shape index (κ2) is 8.37. The molecular weight excluding hydrogens is 438 g/mol. The normalized spacial score (nSPS) is 12.0. The first kappa shape index (κ1) is 22.5. The number of carbonyl (C=O) groups is 1. The van der Waals surface area contributed by atoms with E-state index in [9.17, 15) is 13.2 Å². The Hall–Kier alpha value is -3.65. The number of nitrogens with one attached hydrogen (secondary N) is 1. The van der Waals surface area contributed by atoms with Crippen LogP contribution in [0.4, 0.5) is 0 Å². The molecular formula is C25H25N3O4S. The standard InChI is InChI=1S/C25H25N3O4S/c1-25(2,3)21-14-13-19(23(29)27-33(30,31)18-10-6-5-7-11-18)24(26-21)32-20-12-8-9-17-15-16-28(4)22(17)20/h5-16H,1-4H3,(H,27,29). The van der Waals surface area contributed by atoms with Gasteiger partial charge in [-0.25, -0.2) is 18.1 Å². The van der Waals surface area contributed by atoms with Gasteiger partial charge in [-0.15, -0.1) is 0 Å². The van der Waals surface area contributed by atoms with Gasteiger partial charge in [0.05, 0.1) is 10.4 Å². The molecule has 8 heteroatoms. The van der Waals surface area contributed by atoms with Crippen molar-refractivity contribution >= 4 is 26.8 Å². The Kier molecular flexibility index (Phi) is 5.71. The molecule has 1 amide bonds. The molecule has 4 rings (SSSR count). The molecule has 1 N–H and O–H groups in total. The molecule has 2 aromatic carbocycles. The van der Waals surface area contributed by atoms with Gasteiger partial charge < -0.3 is 9.30 Å². The van der Waals surface area contributed by atoms with Crippen LogP contribution in [0, 0.1) is 0 Å². The summed E-state index contributed by atoms with van der Waals surface area (Å²) in [5.74, 6) is -0.267. The zero-order valence-corrected chi connectivity index (χ0v) is 19.7. The van der Waals surface area contributed by atoms with Crippen LogP contribution in [0.2, 0.25) is 0 Å². The van der Waals surface area contributed by atoms with E-state index in [-0.39, 0.29) is 21.8 Å². The number of pyridine rings is 1. The highest BCUT2D eigenvalue weighted by Gasteiger charge is 2.25. The summed E-state index contributed by atoms with van der Waals surface area (Å²) < 4.78 is 35.6. The number of hydrogen-bond acceptors (Lipinski definition) is 5. The molecule has 2 aromatic heterocycles. The molecule has 0 aliphatic rings. The molecule has 0 saturated heterocycles. The number of rotatable bonds is 5. The third kappa shape index (κ3) is 4.61. The van der Waals surface area contributed by atoms with Gasteiger partial charge in [0, 0.05) is 29.7 Å². The fourth-order valence-corrected chi connectivity index (χ4v) is 4.44. The number of ether oxygens (including phenoxy) is 1. The first-order valence-corrected chi connectivity index (χ1v) is 11.9. The van der Waals surface area contributed by atoms with Crippen LogP contribution in [0.1, 0.15) is 36.8 Å². The zero-order valence-electron chi connectivity index (χ0n) is 18.9. The van der Waals surface area contributed by atoms with Crippen molar-refractivity contribution in [3.63, 3.8) is 0 Å². The lowest BCUT2D eigenvalue weighted by atomic mass is 9.91. The Labute approximate surface area is 193 Å². The van der Waals surface area contributed by atoms with Gasteiger partial charge in [-0.05, 0) is 36.4 Å². The molecule has 0 spiro atoms. The van der Waals surface area contributed by atoms with Gasteiger partial charge >= 0.3 is 0 Å². The Bertz CT molecular complexity index is 1440. The highest BCUT2D eigenvalue weighted by Crippen LogP contribution is 2.33. The number of para-hydroxylation sites is 1. The first-order chi connectivity index (χ1) is 15.6. The largest absolute Gasteiger partial charge is 0.436 e. The van der Waals surface area contributed by atoms with E-state index < -0.39 is 15.9 Å². The van der Waals surface area contributed by atoms with Crippen molar-refractivity contribution in [1.82, 2.24) is 14.3 Å². The number of benzene rings is 2. The molecule has 2 heterocycles. The van der Waals surface area contributed by atoms with Gasteiger partial charge in [0.1, 0.15) is 5.56 Å². The monoisotopic (exact) mass is 463 g/mol. The van der Waals surface area contributed by atoms with Gasteiger partial charge in [-0.3, -0.25) is 4.79 Å². The summed E-state index contributed by atoms with van der Waals surface area (Å²) in [6.07, 6.45) is 1.91. The fraction of sp³-hybridized carbons (Fsp3) is 0.200. The molecule has 0 unspecified atom stereocenters. The molecule has 0 aliphatic carbocycles. The number of fused-ring (bicyclic) bond motifs is 1. The maximum absolute atomic E-state index is 13.1. The topological polar surface area (TPSA) is 90.3 Å². The third-order valence-electron chi connectivity index (χ3n) is 5.22. The second-order valence-corrected chi connectivity index (χ2v) is 10.5. The molecule has 0 saturated carbocycles. The van der Waals surface area contributed by atoms with Crippen LogP contribution in [-0.2, 0) is 22.5 Å². The number of amides is 1. The minimum absolute atomic E-state index is 0.00586. The molecule has 0 atom stereocenters. The average molecular weight is 464 g/mol. The summed E-state index contributed by atoms with van der Waals surface area (Å²) in [5.41, 5.74) is 1.26. The summed E-state index contributed by atoms with van der Waals surface area (Å²) in [4.78, 5) is 17.7. The summed E-state index contributed by atoms with van der Waals surface area (Å²) in [6.45, 7) is 5.99. The lowest BCUT2D eigenvalue weighted by Gasteiger charge is -2.20. The van der Waals surface area contributed by atoms with Crippen LogP contribution in [-0.4, -0.2) is 23.9 Å². The quantitative estimate of drug-likeness (QED) is 0.460. The zero-order chi connectivity index (χ0) is 23.8. The minimum atomic E-state index is -4.06. The van der Waals surface area contributed by atoms with Crippen molar-refractivity contribution in [3.05, 3.63) is 84.2 Å². The summed E-state index contributed by atoms with van der Waals surface area (Å²) in [6, 6.07) is 18.5. The number of sulfonamides is 1. The van der Waals surface area contributed by atoms with E-state index in [1.165, 1.54) is 12.1 Å². The smallest absolute Gasteiger partial charge is 0.270 e. The predicted molar refractivity (Wildman–Crippen MR) is 127 cm³/mol. The number of hydrogen-bond donors (Lipinski definition) is 1. The Morgan fingerprint density at radius 1 is 0.970 bits per heavy atom. The molecule has 0 aliphatic heterocycles. The van der Waals surface area contributed by atoms with Crippen LogP contribution >= 0.6 is 0 Å². The molecule has 7 nitrogen and oxygen atoms in total. The van der Waals surface area contributed by atoms with E-state index in [1.807, 2.05) is 56.8 Å². The van der Waals surface area contributed by atoms with Gasteiger partial charge in [0.25, 0.3) is 15.9 Å². The maximum atomic E-state index is 13.1. The van der Waals surface area contributed by atoms with Crippen molar-refractivity contribution < 1.29 is 17.9 Å². The van der Waals surface area contributed by atoms with E-state index >= 15 is 0 Å². The fourth-order valence-electron chi connectivity index (χ4n) is 3.45. The van der Waals surface area contributed by atoms with Crippen LogP contribution in [0.3, 0.4) is 0 Å². The minimum Gasteiger partial charge on any atom is -0.436 e. The van der Waals surface area contributed by atoms with Crippen LogP contribution in [0.25, 0.3) is 10.9 Å². The van der Waals surface area contributed by atoms with E-state index in [0.717, 1.165) is 10.9 Å². The third-order valence-corrected chi connectivity index (χ3v) is 6.57. The van der Waals surface area contributed by atoms with Crippen molar-refractivity contribution in [3.8, 4) is 11.6 Å². The number of aryl methyl sites for hydroxylation is 1. The van der Waals surface area contributed by atoms with Crippen LogP contribution < -0.4 is 9.46 Å². The molecule has 0 radical (unpaired) electrons. The van der Waals surface area contributed by atoms with Gasteiger partial charge in [-0.1, -0.05) is 51.1 Å². The Morgan fingerprint density at radius 2 is 1.70 bits per heavy atom. The Morgan fingerprint density at radius 3 is 2.39 bits per heavy atom. The molecule has 4 aromatic rings. The van der Waals surface area contributed by atoms with Crippen LogP contribution in [0.15, 0.2) is 77.8 Å². The Balaban J connectivity index is 1.77. The van der Waals surface area contributed by atoms with Crippen molar-refractivity contribution in [1.29, 1.82) is 0 Å². The molecule has 170 valence electrons. The van der Waals surface area contributed by atoms with Gasteiger partial charge in [-0.2, -0.15) is 0 Å². The average Bonchev–Trinajstić information content (AvgIpc) is 3.15. The number of nitrogens with zero attached hydrogens (tertiary/aromatic N) is 2. The first-order valence-electron chi connectivity index (χ1n) is 10.4. The van der Waals surface area contributed by atoms with Crippen molar-refractivity contribution in [2.24, 2.45) is 7.05 Å². The van der Waals surface area contributed by atoms with Gasteiger partial charge in [0.2, 0.25) is 5.88 Å². The highest BCUT2D eigenvalue weighted by molar-refractivity contribution is 7.90. The van der Waals surface area contributed by atoms with E-state index in [4.69, 9.17) is 4.74 Å². The summed E-state index contributed by atoms with van der Waals surface area (Å²) in [7, 11) is -2.16. The molecule has 0 bridgehead atoms. The number of carbonyl (C=O) groups excluding carboxylic acids is 1. The maximum Gasteiger partial charge on any atom is 0.270 e. The second-order valence-electron chi connectivity index (χ2n) is 8.77. The molecule has 0 fully saturated rings. The summed E-state index contributed by atoms with van der Waals surface area (Å²) in [5, 5.41) is 0.972. The van der Waals surface area contributed by atoms with Crippen LogP contribution in [0.5, 0.6) is 11.6 Å². The molecule has 33 heavy (non-hydrogen) atoms.